The maximum atomic E-state index is 12.5. The van der Waals surface area contributed by atoms with E-state index in [-0.39, 0.29) is 5.91 Å². The van der Waals surface area contributed by atoms with Gasteiger partial charge in [0.1, 0.15) is 5.75 Å². The number of carbonyl (C=O) groups excluding carboxylic acids is 1. The van der Waals surface area contributed by atoms with Gasteiger partial charge < -0.3 is 15.4 Å². The Labute approximate surface area is 127 Å². The molecule has 1 aromatic heterocycles. The molecule has 1 aliphatic rings. The topological polar surface area (TPSA) is 63.2 Å². The first-order valence-corrected chi connectivity index (χ1v) is 7.93. The van der Waals surface area contributed by atoms with Crippen molar-refractivity contribution in [1.29, 1.82) is 0 Å². The second-order valence-electron chi connectivity index (χ2n) is 5.52. The number of ether oxygens (including phenoxy) is 1. The van der Waals surface area contributed by atoms with Gasteiger partial charge in [0.15, 0.2) is 5.13 Å². The van der Waals surface area contributed by atoms with Crippen LogP contribution in [0.2, 0.25) is 0 Å². The summed E-state index contributed by atoms with van der Waals surface area (Å²) in [5, 5.41) is 6.89. The number of aromatic nitrogens is 1. The molecule has 0 aliphatic carbocycles. The van der Waals surface area contributed by atoms with Crippen LogP contribution in [0.1, 0.15) is 26.2 Å². The zero-order valence-electron chi connectivity index (χ0n) is 12.2. The minimum Gasteiger partial charge on any atom is -0.497 e. The molecule has 1 atom stereocenters. The standard InChI is InChI=1S/C15H19N3O2S/c1-15(7-3-4-8-16-15)13(19)18-14-17-11-6-5-10(20-2)9-12(11)21-14/h5-6,9,16H,3-4,7-8H2,1-2H3,(H,17,18,19). The van der Waals surface area contributed by atoms with Crippen LogP contribution in [-0.2, 0) is 4.79 Å². The van der Waals surface area contributed by atoms with Crippen LogP contribution in [0.15, 0.2) is 18.2 Å². The number of fused-ring (bicyclic) bond motifs is 1. The third kappa shape index (κ3) is 2.87. The van der Waals surface area contributed by atoms with Crippen molar-refractivity contribution in [2.45, 2.75) is 31.7 Å². The number of nitrogens with one attached hydrogen (secondary N) is 2. The lowest BCUT2D eigenvalue weighted by Crippen LogP contribution is -2.54. The van der Waals surface area contributed by atoms with Crippen LogP contribution >= 0.6 is 11.3 Å². The molecule has 1 fully saturated rings. The van der Waals surface area contributed by atoms with Crippen molar-refractivity contribution < 1.29 is 9.53 Å². The van der Waals surface area contributed by atoms with E-state index in [4.69, 9.17) is 4.74 Å². The Morgan fingerprint density at radius 1 is 1.48 bits per heavy atom. The molecule has 1 amide bonds. The van der Waals surface area contributed by atoms with E-state index in [1.807, 2.05) is 25.1 Å². The molecule has 3 rings (SSSR count). The fraction of sp³-hybridized carbons (Fsp3) is 0.467. The number of amides is 1. The number of thiazole rings is 1. The zero-order valence-corrected chi connectivity index (χ0v) is 13.0. The Balaban J connectivity index is 1.79. The van der Waals surface area contributed by atoms with Crippen molar-refractivity contribution in [2.75, 3.05) is 19.0 Å². The fourth-order valence-corrected chi connectivity index (χ4v) is 3.46. The summed E-state index contributed by atoms with van der Waals surface area (Å²) >= 11 is 1.47. The van der Waals surface area contributed by atoms with Gasteiger partial charge in [-0.1, -0.05) is 11.3 Å². The van der Waals surface area contributed by atoms with Gasteiger partial charge in [-0.3, -0.25) is 4.79 Å². The Kier molecular flexibility index (Phi) is 3.82. The summed E-state index contributed by atoms with van der Waals surface area (Å²) in [6, 6.07) is 5.71. The van der Waals surface area contributed by atoms with E-state index in [0.717, 1.165) is 41.8 Å². The molecule has 0 spiro atoms. The molecule has 0 radical (unpaired) electrons. The van der Waals surface area contributed by atoms with E-state index >= 15 is 0 Å². The number of methoxy groups -OCH3 is 1. The molecule has 2 aromatic rings. The highest BCUT2D eigenvalue weighted by Crippen LogP contribution is 2.30. The quantitative estimate of drug-likeness (QED) is 0.915. The largest absolute Gasteiger partial charge is 0.497 e. The van der Waals surface area contributed by atoms with Gasteiger partial charge in [-0.15, -0.1) is 0 Å². The lowest BCUT2D eigenvalue weighted by Gasteiger charge is -2.33. The summed E-state index contributed by atoms with van der Waals surface area (Å²) < 4.78 is 6.21. The van der Waals surface area contributed by atoms with Gasteiger partial charge in [0.2, 0.25) is 5.91 Å². The van der Waals surface area contributed by atoms with E-state index in [9.17, 15) is 4.79 Å². The minimum atomic E-state index is -0.492. The smallest absolute Gasteiger partial charge is 0.246 e. The molecule has 1 aliphatic heterocycles. The van der Waals surface area contributed by atoms with Gasteiger partial charge in [-0.25, -0.2) is 4.98 Å². The Hall–Kier alpha value is -1.66. The molecule has 5 nitrogen and oxygen atoms in total. The third-order valence-electron chi connectivity index (χ3n) is 3.94. The molecule has 2 N–H and O–H groups in total. The average molecular weight is 305 g/mol. The van der Waals surface area contributed by atoms with Crippen molar-refractivity contribution >= 4 is 32.6 Å². The van der Waals surface area contributed by atoms with E-state index in [0.29, 0.717) is 5.13 Å². The first-order chi connectivity index (χ1) is 10.1. The number of nitrogens with zero attached hydrogens (tertiary/aromatic N) is 1. The highest BCUT2D eigenvalue weighted by Gasteiger charge is 2.34. The Morgan fingerprint density at radius 3 is 3.05 bits per heavy atom. The van der Waals surface area contributed by atoms with E-state index in [1.165, 1.54) is 11.3 Å². The predicted molar refractivity (Wildman–Crippen MR) is 85.1 cm³/mol. The number of hydrogen-bond donors (Lipinski definition) is 2. The van der Waals surface area contributed by atoms with Crippen LogP contribution in [0.3, 0.4) is 0 Å². The molecule has 1 saturated heterocycles. The molecular formula is C15H19N3O2S. The van der Waals surface area contributed by atoms with Gasteiger partial charge in [-0.05, 0) is 50.9 Å². The number of anilines is 1. The first-order valence-electron chi connectivity index (χ1n) is 7.12. The monoisotopic (exact) mass is 305 g/mol. The van der Waals surface area contributed by atoms with E-state index in [2.05, 4.69) is 15.6 Å². The molecule has 6 heteroatoms. The lowest BCUT2D eigenvalue weighted by atomic mass is 9.90. The average Bonchev–Trinajstić information content (AvgIpc) is 2.89. The van der Waals surface area contributed by atoms with Crippen molar-refractivity contribution in [3.63, 3.8) is 0 Å². The Bertz CT molecular complexity index is 662. The first kappa shape index (κ1) is 14.3. The summed E-state index contributed by atoms with van der Waals surface area (Å²) in [6.45, 7) is 2.85. The Morgan fingerprint density at radius 2 is 2.33 bits per heavy atom. The van der Waals surface area contributed by atoms with Crippen molar-refractivity contribution in [2.24, 2.45) is 0 Å². The van der Waals surface area contributed by atoms with Crippen LogP contribution in [0.4, 0.5) is 5.13 Å². The predicted octanol–water partition coefficient (Wildman–Crippen LogP) is 2.78. The van der Waals surface area contributed by atoms with Gasteiger partial charge in [0, 0.05) is 0 Å². The third-order valence-corrected chi connectivity index (χ3v) is 4.87. The number of piperidine rings is 1. The number of hydrogen-bond acceptors (Lipinski definition) is 5. The van der Waals surface area contributed by atoms with Crippen LogP contribution in [0.25, 0.3) is 10.2 Å². The van der Waals surface area contributed by atoms with Gasteiger partial charge in [0.05, 0.1) is 22.9 Å². The molecule has 0 saturated carbocycles. The summed E-state index contributed by atoms with van der Waals surface area (Å²) in [4.78, 5) is 16.9. The summed E-state index contributed by atoms with van der Waals surface area (Å²) in [6.07, 6.45) is 3.06. The number of carbonyl (C=O) groups is 1. The van der Waals surface area contributed by atoms with E-state index in [1.54, 1.807) is 7.11 Å². The SMILES string of the molecule is COc1ccc2nc(NC(=O)C3(C)CCCCN3)sc2c1. The summed E-state index contributed by atoms with van der Waals surface area (Å²) in [5.74, 6) is 0.790. The minimum absolute atomic E-state index is 0.00628. The van der Waals surface area contributed by atoms with Gasteiger partial charge in [-0.2, -0.15) is 0 Å². The summed E-state index contributed by atoms with van der Waals surface area (Å²) in [7, 11) is 1.64. The van der Waals surface area contributed by atoms with Crippen LogP contribution < -0.4 is 15.4 Å². The van der Waals surface area contributed by atoms with Crippen LogP contribution in [-0.4, -0.2) is 30.1 Å². The van der Waals surface area contributed by atoms with Gasteiger partial charge >= 0.3 is 0 Å². The highest BCUT2D eigenvalue weighted by atomic mass is 32.1. The van der Waals surface area contributed by atoms with Gasteiger partial charge in [0.25, 0.3) is 0 Å². The van der Waals surface area contributed by atoms with Crippen LogP contribution in [0.5, 0.6) is 5.75 Å². The fourth-order valence-electron chi connectivity index (χ4n) is 2.57. The highest BCUT2D eigenvalue weighted by molar-refractivity contribution is 7.22. The number of rotatable bonds is 3. The molecule has 1 unspecified atom stereocenters. The second-order valence-corrected chi connectivity index (χ2v) is 6.55. The maximum absolute atomic E-state index is 12.5. The van der Waals surface area contributed by atoms with Crippen molar-refractivity contribution in [1.82, 2.24) is 10.3 Å². The molecule has 1 aromatic carbocycles. The second kappa shape index (κ2) is 5.61. The van der Waals surface area contributed by atoms with Crippen molar-refractivity contribution in [3.8, 4) is 5.75 Å². The van der Waals surface area contributed by atoms with Crippen molar-refractivity contribution in [3.05, 3.63) is 18.2 Å². The summed E-state index contributed by atoms with van der Waals surface area (Å²) in [5.41, 5.74) is 0.381. The number of benzene rings is 1. The lowest BCUT2D eigenvalue weighted by molar-refractivity contribution is -0.122. The molecule has 2 heterocycles. The molecule has 21 heavy (non-hydrogen) atoms. The molecular weight excluding hydrogens is 286 g/mol. The molecule has 0 bridgehead atoms. The maximum Gasteiger partial charge on any atom is 0.246 e. The normalized spacial score (nSPS) is 22.2. The van der Waals surface area contributed by atoms with E-state index < -0.39 is 5.54 Å². The molecule has 112 valence electrons. The zero-order chi connectivity index (χ0) is 14.9. The van der Waals surface area contributed by atoms with Crippen LogP contribution in [0, 0.1) is 0 Å².